The van der Waals surface area contributed by atoms with Gasteiger partial charge in [0.25, 0.3) is 0 Å². The third kappa shape index (κ3) is 3.74. The minimum Gasteiger partial charge on any atom is -0.457 e. The molecule has 1 aliphatic rings. The Bertz CT molecular complexity index is 655. The molecule has 0 radical (unpaired) electrons. The lowest BCUT2D eigenvalue weighted by atomic mass is 10.1. The lowest BCUT2D eigenvalue weighted by Gasteiger charge is -2.11. The van der Waals surface area contributed by atoms with Crippen LogP contribution in [-0.2, 0) is 6.54 Å². The third-order valence-corrected chi connectivity index (χ3v) is 3.82. The highest BCUT2D eigenvalue weighted by Gasteiger charge is 2.19. The molecule has 1 saturated carbocycles. The molecule has 4 heteroatoms. The van der Waals surface area contributed by atoms with Crippen LogP contribution in [0, 0.1) is 12.7 Å². The molecule has 0 unspecified atom stereocenters. The first kappa shape index (κ1) is 14.4. The van der Waals surface area contributed by atoms with Gasteiger partial charge in [-0.2, -0.15) is 0 Å². The summed E-state index contributed by atoms with van der Waals surface area (Å²) in [6.07, 6.45) is 2.57. The van der Waals surface area contributed by atoms with Gasteiger partial charge in [0.05, 0.1) is 5.02 Å². The van der Waals surface area contributed by atoms with E-state index in [0.29, 0.717) is 11.8 Å². The molecule has 1 N–H and O–H groups in total. The van der Waals surface area contributed by atoms with E-state index < -0.39 is 5.82 Å². The molecule has 0 bridgehead atoms. The molecule has 2 nitrogen and oxygen atoms in total. The van der Waals surface area contributed by atoms with Gasteiger partial charge in [-0.15, -0.1) is 0 Å². The Kier molecular flexibility index (Phi) is 4.13. The summed E-state index contributed by atoms with van der Waals surface area (Å²) in [7, 11) is 0. The van der Waals surface area contributed by atoms with Gasteiger partial charge in [0.1, 0.15) is 17.3 Å². The normalized spacial score (nSPS) is 14.2. The Morgan fingerprint density at radius 1 is 1.24 bits per heavy atom. The van der Waals surface area contributed by atoms with Crippen molar-refractivity contribution < 1.29 is 9.13 Å². The fraction of sp³-hybridized carbons (Fsp3) is 0.294. The van der Waals surface area contributed by atoms with E-state index in [1.807, 2.05) is 19.1 Å². The first-order valence-corrected chi connectivity index (χ1v) is 7.45. The predicted molar refractivity (Wildman–Crippen MR) is 82.5 cm³/mol. The number of hydrogen-bond donors (Lipinski definition) is 1. The first-order chi connectivity index (χ1) is 10.1. The van der Waals surface area contributed by atoms with E-state index in [4.69, 9.17) is 16.3 Å². The Morgan fingerprint density at radius 2 is 2.05 bits per heavy atom. The highest BCUT2D eigenvalue weighted by molar-refractivity contribution is 6.30. The smallest absolute Gasteiger partial charge is 0.142 e. The number of ether oxygens (including phenoxy) is 1. The summed E-state index contributed by atoms with van der Waals surface area (Å²) < 4.78 is 18.9. The molecule has 3 rings (SSSR count). The molecule has 0 amide bonds. The summed E-state index contributed by atoms with van der Waals surface area (Å²) in [5.41, 5.74) is 2.29. The van der Waals surface area contributed by atoms with E-state index >= 15 is 0 Å². The second-order valence-electron chi connectivity index (χ2n) is 5.43. The maximum atomic E-state index is 13.1. The fourth-order valence-electron chi connectivity index (χ4n) is 2.15. The zero-order valence-corrected chi connectivity index (χ0v) is 12.6. The average Bonchev–Trinajstić information content (AvgIpc) is 3.27. The zero-order valence-electron chi connectivity index (χ0n) is 11.8. The van der Waals surface area contributed by atoms with Crippen LogP contribution in [0.1, 0.15) is 24.0 Å². The maximum absolute atomic E-state index is 13.1. The topological polar surface area (TPSA) is 21.3 Å². The SMILES string of the molecule is Cc1cc(CNC2CC2)ccc1Oc1ccc(F)c(Cl)c1. The number of hydrogen-bond acceptors (Lipinski definition) is 2. The number of aryl methyl sites for hydroxylation is 1. The van der Waals surface area contributed by atoms with Crippen molar-refractivity contribution >= 4 is 11.6 Å². The summed E-state index contributed by atoms with van der Waals surface area (Å²) in [6, 6.07) is 11.2. The largest absolute Gasteiger partial charge is 0.457 e. The van der Waals surface area contributed by atoms with E-state index in [2.05, 4.69) is 11.4 Å². The number of halogens is 2. The minimum atomic E-state index is -0.442. The van der Waals surface area contributed by atoms with Gasteiger partial charge < -0.3 is 10.1 Å². The van der Waals surface area contributed by atoms with Crippen molar-refractivity contribution in [3.8, 4) is 11.5 Å². The second-order valence-corrected chi connectivity index (χ2v) is 5.84. The van der Waals surface area contributed by atoms with Crippen LogP contribution in [-0.4, -0.2) is 6.04 Å². The Morgan fingerprint density at radius 3 is 2.71 bits per heavy atom. The molecule has 2 aromatic rings. The lowest BCUT2D eigenvalue weighted by Crippen LogP contribution is -2.15. The van der Waals surface area contributed by atoms with Crippen molar-refractivity contribution in [1.29, 1.82) is 0 Å². The molecular formula is C17H17ClFNO. The van der Waals surface area contributed by atoms with Crippen molar-refractivity contribution in [3.05, 3.63) is 58.4 Å². The first-order valence-electron chi connectivity index (χ1n) is 7.07. The maximum Gasteiger partial charge on any atom is 0.142 e. The monoisotopic (exact) mass is 305 g/mol. The molecule has 110 valence electrons. The van der Waals surface area contributed by atoms with Crippen LogP contribution >= 0.6 is 11.6 Å². The predicted octanol–water partition coefficient (Wildman–Crippen LogP) is 4.83. The molecule has 2 aromatic carbocycles. The van der Waals surface area contributed by atoms with Crippen LogP contribution in [0.4, 0.5) is 4.39 Å². The van der Waals surface area contributed by atoms with Gasteiger partial charge >= 0.3 is 0 Å². The molecule has 0 aliphatic heterocycles. The highest BCUT2D eigenvalue weighted by Crippen LogP contribution is 2.29. The van der Waals surface area contributed by atoms with Gasteiger partial charge in [0.15, 0.2) is 0 Å². The van der Waals surface area contributed by atoms with Gasteiger partial charge in [-0.1, -0.05) is 23.7 Å². The number of rotatable bonds is 5. The van der Waals surface area contributed by atoms with Crippen LogP contribution in [0.5, 0.6) is 11.5 Å². The standard InChI is InChI=1S/C17H17ClFNO/c1-11-8-12(10-20-13-3-4-13)2-7-17(11)21-14-5-6-16(19)15(18)9-14/h2,5-9,13,20H,3-4,10H2,1H3. The highest BCUT2D eigenvalue weighted by atomic mass is 35.5. The summed E-state index contributed by atoms with van der Waals surface area (Å²) >= 11 is 5.76. The van der Waals surface area contributed by atoms with Crippen molar-refractivity contribution in [2.75, 3.05) is 0 Å². The molecular weight excluding hydrogens is 289 g/mol. The molecule has 0 spiro atoms. The van der Waals surface area contributed by atoms with Crippen LogP contribution in [0.2, 0.25) is 5.02 Å². The molecule has 0 atom stereocenters. The Labute approximate surface area is 128 Å². The van der Waals surface area contributed by atoms with Crippen LogP contribution in [0.3, 0.4) is 0 Å². The molecule has 0 saturated heterocycles. The van der Waals surface area contributed by atoms with Gasteiger partial charge in [0.2, 0.25) is 0 Å². The van der Waals surface area contributed by atoms with Gasteiger partial charge in [-0.3, -0.25) is 0 Å². The molecule has 1 fully saturated rings. The van der Waals surface area contributed by atoms with E-state index in [9.17, 15) is 4.39 Å². The summed E-state index contributed by atoms with van der Waals surface area (Å²) in [5, 5.41) is 3.55. The second kappa shape index (κ2) is 6.04. The quantitative estimate of drug-likeness (QED) is 0.854. The van der Waals surface area contributed by atoms with Crippen LogP contribution in [0.15, 0.2) is 36.4 Å². The van der Waals surface area contributed by atoms with E-state index in [-0.39, 0.29) is 5.02 Å². The van der Waals surface area contributed by atoms with Gasteiger partial charge in [-0.25, -0.2) is 4.39 Å². The summed E-state index contributed by atoms with van der Waals surface area (Å²) in [6.45, 7) is 2.88. The Balaban J connectivity index is 1.70. The summed E-state index contributed by atoms with van der Waals surface area (Å²) in [5.74, 6) is 0.850. The molecule has 21 heavy (non-hydrogen) atoms. The number of benzene rings is 2. The zero-order chi connectivity index (χ0) is 14.8. The number of nitrogens with one attached hydrogen (secondary N) is 1. The van der Waals surface area contributed by atoms with E-state index in [1.54, 1.807) is 6.07 Å². The Hall–Kier alpha value is -1.58. The van der Waals surface area contributed by atoms with E-state index in [1.165, 1.54) is 30.5 Å². The molecule has 1 aliphatic carbocycles. The van der Waals surface area contributed by atoms with E-state index in [0.717, 1.165) is 17.9 Å². The van der Waals surface area contributed by atoms with Gasteiger partial charge in [-0.05, 0) is 49.1 Å². The minimum absolute atomic E-state index is 0.0652. The third-order valence-electron chi connectivity index (χ3n) is 3.53. The van der Waals surface area contributed by atoms with Crippen molar-refractivity contribution in [2.45, 2.75) is 32.4 Å². The average molecular weight is 306 g/mol. The lowest BCUT2D eigenvalue weighted by molar-refractivity contribution is 0.476. The van der Waals surface area contributed by atoms with Crippen molar-refractivity contribution in [1.82, 2.24) is 5.32 Å². The van der Waals surface area contributed by atoms with Crippen molar-refractivity contribution in [2.24, 2.45) is 0 Å². The molecule has 0 heterocycles. The molecule has 0 aromatic heterocycles. The van der Waals surface area contributed by atoms with Crippen molar-refractivity contribution in [3.63, 3.8) is 0 Å². The van der Waals surface area contributed by atoms with Crippen LogP contribution in [0.25, 0.3) is 0 Å². The summed E-state index contributed by atoms with van der Waals surface area (Å²) in [4.78, 5) is 0. The fourth-order valence-corrected chi connectivity index (χ4v) is 2.32. The van der Waals surface area contributed by atoms with Gasteiger partial charge in [0, 0.05) is 18.7 Å². The van der Waals surface area contributed by atoms with Crippen LogP contribution < -0.4 is 10.1 Å².